The summed E-state index contributed by atoms with van der Waals surface area (Å²) in [5, 5.41) is 11.9. The standard InChI is InChI=1S/C27H23NO8/c1-33-20-11-8-16(12-22(20)34-2)13-23-26(30)19-10-9-18(14-21(19)36-23)35-15-24(29)28-25(27(31)32)17-6-4-3-5-7-17/h3-14,25H,15H2,1-2H3,(H,28,29)(H,31,32)/b23-13-/t25-/m1/s1. The first-order chi connectivity index (χ1) is 17.4. The van der Waals surface area contributed by atoms with Gasteiger partial charge in [-0.1, -0.05) is 36.4 Å². The lowest BCUT2D eigenvalue weighted by molar-refractivity contribution is -0.142. The number of carboxylic acids is 1. The summed E-state index contributed by atoms with van der Waals surface area (Å²) in [6, 6.07) is 17.0. The summed E-state index contributed by atoms with van der Waals surface area (Å²) >= 11 is 0. The molecular formula is C27H23NO8. The Morgan fingerprint density at radius 2 is 1.75 bits per heavy atom. The van der Waals surface area contributed by atoms with E-state index in [9.17, 15) is 19.5 Å². The highest BCUT2D eigenvalue weighted by Crippen LogP contribution is 2.36. The van der Waals surface area contributed by atoms with Gasteiger partial charge in [-0.3, -0.25) is 9.59 Å². The minimum Gasteiger partial charge on any atom is -0.493 e. The topological polar surface area (TPSA) is 120 Å². The number of carbonyl (C=O) groups excluding carboxylic acids is 2. The van der Waals surface area contributed by atoms with Crippen LogP contribution in [0.25, 0.3) is 6.08 Å². The Labute approximate surface area is 206 Å². The summed E-state index contributed by atoms with van der Waals surface area (Å²) in [5.41, 5.74) is 1.48. The molecule has 9 heteroatoms. The van der Waals surface area contributed by atoms with Gasteiger partial charge in [0.2, 0.25) is 5.78 Å². The fourth-order valence-electron chi connectivity index (χ4n) is 3.64. The van der Waals surface area contributed by atoms with Crippen molar-refractivity contribution in [1.82, 2.24) is 5.32 Å². The number of Topliss-reactive ketones (excluding diaryl/α,β-unsaturated/α-hetero) is 1. The lowest BCUT2D eigenvalue weighted by atomic mass is 10.1. The van der Waals surface area contributed by atoms with E-state index >= 15 is 0 Å². The summed E-state index contributed by atoms with van der Waals surface area (Å²) in [6.07, 6.45) is 1.59. The molecule has 184 valence electrons. The number of allylic oxidation sites excluding steroid dienone is 1. The van der Waals surface area contributed by atoms with Crippen LogP contribution < -0.4 is 24.3 Å². The summed E-state index contributed by atoms with van der Waals surface area (Å²) in [5.74, 6) is -0.318. The molecule has 0 saturated heterocycles. The van der Waals surface area contributed by atoms with Crippen LogP contribution in [-0.2, 0) is 9.59 Å². The third-order valence-corrected chi connectivity index (χ3v) is 5.40. The summed E-state index contributed by atoms with van der Waals surface area (Å²) in [6.45, 7) is -0.419. The van der Waals surface area contributed by atoms with Crippen molar-refractivity contribution in [1.29, 1.82) is 0 Å². The van der Waals surface area contributed by atoms with Crippen LogP contribution in [0.15, 0.2) is 72.5 Å². The Morgan fingerprint density at radius 3 is 2.44 bits per heavy atom. The van der Waals surface area contributed by atoms with Gasteiger partial charge in [0.25, 0.3) is 5.91 Å². The number of ether oxygens (including phenoxy) is 4. The molecule has 3 aromatic rings. The number of carbonyl (C=O) groups is 3. The molecule has 1 aliphatic heterocycles. The van der Waals surface area contributed by atoms with Crippen LogP contribution in [-0.4, -0.2) is 43.6 Å². The Morgan fingerprint density at radius 1 is 1.00 bits per heavy atom. The Hall–Kier alpha value is -4.79. The predicted octanol–water partition coefficient (Wildman–Crippen LogP) is 3.64. The SMILES string of the molecule is COc1ccc(/C=C2\Oc3cc(OCC(=O)N[C@@H](C(=O)O)c4ccccc4)ccc3C2=O)cc1OC. The van der Waals surface area contributed by atoms with Crippen LogP contribution in [0, 0.1) is 0 Å². The second-order valence-corrected chi connectivity index (χ2v) is 7.75. The molecular weight excluding hydrogens is 466 g/mol. The molecule has 1 atom stereocenters. The maximum Gasteiger partial charge on any atom is 0.330 e. The number of methoxy groups -OCH3 is 2. The molecule has 1 heterocycles. The zero-order valence-electron chi connectivity index (χ0n) is 19.5. The van der Waals surface area contributed by atoms with E-state index in [0.29, 0.717) is 28.2 Å². The number of nitrogens with one attached hydrogen (secondary N) is 1. The number of benzene rings is 3. The van der Waals surface area contributed by atoms with Gasteiger partial charge in [0.1, 0.15) is 11.5 Å². The maximum absolute atomic E-state index is 12.8. The van der Waals surface area contributed by atoms with Crippen LogP contribution >= 0.6 is 0 Å². The van der Waals surface area contributed by atoms with E-state index in [1.54, 1.807) is 66.7 Å². The number of carboxylic acid groups (broad SMARTS) is 1. The number of rotatable bonds is 9. The van der Waals surface area contributed by atoms with Crippen molar-refractivity contribution in [2.45, 2.75) is 6.04 Å². The first-order valence-electron chi connectivity index (χ1n) is 10.9. The van der Waals surface area contributed by atoms with E-state index < -0.39 is 24.5 Å². The van der Waals surface area contributed by atoms with Crippen molar-refractivity contribution in [3.63, 3.8) is 0 Å². The van der Waals surface area contributed by atoms with Gasteiger partial charge >= 0.3 is 5.97 Å². The first-order valence-corrected chi connectivity index (χ1v) is 10.9. The molecule has 0 radical (unpaired) electrons. The number of hydrogen-bond donors (Lipinski definition) is 2. The van der Waals surface area contributed by atoms with Gasteiger partial charge in [0, 0.05) is 6.07 Å². The molecule has 3 aromatic carbocycles. The van der Waals surface area contributed by atoms with E-state index in [0.717, 1.165) is 0 Å². The van der Waals surface area contributed by atoms with Gasteiger partial charge < -0.3 is 29.4 Å². The fraction of sp³-hybridized carbons (Fsp3) is 0.148. The number of amides is 1. The molecule has 2 N–H and O–H groups in total. The molecule has 0 aliphatic carbocycles. The van der Waals surface area contributed by atoms with Crippen molar-refractivity contribution < 1.29 is 38.4 Å². The summed E-state index contributed by atoms with van der Waals surface area (Å²) in [7, 11) is 3.06. The van der Waals surface area contributed by atoms with Crippen LogP contribution in [0.2, 0.25) is 0 Å². The molecule has 4 rings (SSSR count). The molecule has 0 unspecified atom stereocenters. The average molecular weight is 489 g/mol. The summed E-state index contributed by atoms with van der Waals surface area (Å²) < 4.78 is 21.8. The van der Waals surface area contributed by atoms with Gasteiger partial charge in [-0.2, -0.15) is 0 Å². The quantitative estimate of drug-likeness (QED) is 0.437. The summed E-state index contributed by atoms with van der Waals surface area (Å²) in [4.78, 5) is 36.7. The van der Waals surface area contributed by atoms with Crippen LogP contribution in [0.5, 0.6) is 23.0 Å². The minimum absolute atomic E-state index is 0.124. The van der Waals surface area contributed by atoms with Gasteiger partial charge in [0.15, 0.2) is 29.9 Å². The van der Waals surface area contributed by atoms with Gasteiger partial charge in [-0.05, 0) is 41.5 Å². The number of ketones is 1. The van der Waals surface area contributed by atoms with E-state index in [2.05, 4.69) is 5.32 Å². The molecule has 0 aromatic heterocycles. The zero-order valence-corrected chi connectivity index (χ0v) is 19.5. The second-order valence-electron chi connectivity index (χ2n) is 7.75. The van der Waals surface area contributed by atoms with Crippen LogP contribution in [0.1, 0.15) is 27.5 Å². The smallest absolute Gasteiger partial charge is 0.330 e. The van der Waals surface area contributed by atoms with Gasteiger partial charge in [0.05, 0.1) is 19.8 Å². The third kappa shape index (κ3) is 5.30. The first kappa shape index (κ1) is 24.3. The molecule has 0 saturated carbocycles. The lowest BCUT2D eigenvalue weighted by Crippen LogP contribution is -2.36. The van der Waals surface area contributed by atoms with Crippen LogP contribution in [0.3, 0.4) is 0 Å². The fourth-order valence-corrected chi connectivity index (χ4v) is 3.64. The van der Waals surface area contributed by atoms with E-state index in [1.165, 1.54) is 20.3 Å². The highest BCUT2D eigenvalue weighted by molar-refractivity contribution is 6.14. The highest BCUT2D eigenvalue weighted by Gasteiger charge is 2.28. The average Bonchev–Trinajstić information content (AvgIpc) is 3.20. The zero-order chi connectivity index (χ0) is 25.7. The number of hydrogen-bond acceptors (Lipinski definition) is 7. The molecule has 0 fully saturated rings. The van der Waals surface area contributed by atoms with E-state index in [1.807, 2.05) is 0 Å². The Kier molecular flexibility index (Phi) is 7.20. The van der Waals surface area contributed by atoms with Crippen molar-refractivity contribution in [2.24, 2.45) is 0 Å². The normalized spacial score (nSPS) is 13.9. The van der Waals surface area contributed by atoms with E-state index in [4.69, 9.17) is 18.9 Å². The molecule has 0 bridgehead atoms. The van der Waals surface area contributed by atoms with E-state index in [-0.39, 0.29) is 23.0 Å². The monoisotopic (exact) mass is 489 g/mol. The predicted molar refractivity (Wildman–Crippen MR) is 129 cm³/mol. The Bertz CT molecular complexity index is 1330. The molecule has 1 aliphatic rings. The molecule has 1 amide bonds. The van der Waals surface area contributed by atoms with Crippen molar-refractivity contribution in [3.05, 3.63) is 89.2 Å². The lowest BCUT2D eigenvalue weighted by Gasteiger charge is -2.15. The molecule has 9 nitrogen and oxygen atoms in total. The largest absolute Gasteiger partial charge is 0.493 e. The van der Waals surface area contributed by atoms with Crippen LogP contribution in [0.4, 0.5) is 0 Å². The third-order valence-electron chi connectivity index (χ3n) is 5.40. The van der Waals surface area contributed by atoms with Crippen molar-refractivity contribution >= 4 is 23.7 Å². The number of aliphatic carboxylic acids is 1. The minimum atomic E-state index is -1.20. The van der Waals surface area contributed by atoms with Crippen molar-refractivity contribution in [2.75, 3.05) is 20.8 Å². The maximum atomic E-state index is 12.8. The Balaban J connectivity index is 1.42. The number of fused-ring (bicyclic) bond motifs is 1. The van der Waals surface area contributed by atoms with Crippen molar-refractivity contribution in [3.8, 4) is 23.0 Å². The highest BCUT2D eigenvalue weighted by atomic mass is 16.5. The second kappa shape index (κ2) is 10.6. The van der Waals surface area contributed by atoms with Gasteiger partial charge in [-0.15, -0.1) is 0 Å². The molecule has 36 heavy (non-hydrogen) atoms. The molecule has 0 spiro atoms. The van der Waals surface area contributed by atoms with Gasteiger partial charge in [-0.25, -0.2) is 4.79 Å².